The molecular weight excluding hydrogens is 344 g/mol. The Labute approximate surface area is 136 Å². The molecule has 0 spiro atoms. The molecular formula is C17H13BrN2O2. The van der Waals surface area contributed by atoms with Crippen molar-refractivity contribution in [2.75, 3.05) is 0 Å². The Morgan fingerprint density at radius 3 is 2.64 bits per heavy atom. The Balaban J connectivity index is 1.80. The molecule has 0 fully saturated rings. The molecule has 0 aliphatic heterocycles. The summed E-state index contributed by atoms with van der Waals surface area (Å²) in [7, 11) is 0. The van der Waals surface area contributed by atoms with E-state index in [1.807, 2.05) is 42.5 Å². The van der Waals surface area contributed by atoms with Crippen molar-refractivity contribution in [3.63, 3.8) is 0 Å². The molecule has 1 aromatic heterocycles. The fraction of sp³-hybridized carbons (Fsp3) is 0.0588. The molecule has 110 valence electrons. The van der Waals surface area contributed by atoms with Gasteiger partial charge in [-0.25, -0.2) is 5.43 Å². The van der Waals surface area contributed by atoms with Crippen molar-refractivity contribution in [1.82, 2.24) is 5.43 Å². The quantitative estimate of drug-likeness (QED) is 0.560. The van der Waals surface area contributed by atoms with Crippen molar-refractivity contribution in [2.24, 2.45) is 5.10 Å². The third kappa shape index (κ3) is 2.94. The molecule has 2 aromatic carbocycles. The zero-order valence-corrected chi connectivity index (χ0v) is 13.4. The number of halogens is 1. The van der Waals surface area contributed by atoms with Gasteiger partial charge < -0.3 is 4.42 Å². The van der Waals surface area contributed by atoms with E-state index in [0.29, 0.717) is 17.0 Å². The van der Waals surface area contributed by atoms with Crippen LogP contribution in [-0.4, -0.2) is 11.6 Å². The average molecular weight is 357 g/mol. The first-order chi connectivity index (χ1) is 10.6. The van der Waals surface area contributed by atoms with Crippen molar-refractivity contribution in [3.8, 4) is 0 Å². The molecule has 0 radical (unpaired) electrons. The largest absolute Gasteiger partial charge is 0.455 e. The highest BCUT2D eigenvalue weighted by atomic mass is 79.9. The predicted octanol–water partition coefficient (Wildman–Crippen LogP) is 4.35. The lowest BCUT2D eigenvalue weighted by Gasteiger charge is -2.03. The number of hydrogen-bond donors (Lipinski definition) is 1. The molecule has 0 unspecified atom stereocenters. The van der Waals surface area contributed by atoms with Gasteiger partial charge in [-0.05, 0) is 47.1 Å². The highest BCUT2D eigenvalue weighted by Crippen LogP contribution is 2.19. The van der Waals surface area contributed by atoms with Crippen LogP contribution >= 0.6 is 15.9 Å². The van der Waals surface area contributed by atoms with Crippen LogP contribution < -0.4 is 5.43 Å². The van der Waals surface area contributed by atoms with E-state index in [1.54, 1.807) is 19.1 Å². The summed E-state index contributed by atoms with van der Waals surface area (Å²) in [6.07, 6.45) is 0. The van der Waals surface area contributed by atoms with Crippen LogP contribution in [-0.2, 0) is 0 Å². The van der Waals surface area contributed by atoms with E-state index in [-0.39, 0.29) is 5.91 Å². The van der Waals surface area contributed by atoms with E-state index < -0.39 is 0 Å². The van der Waals surface area contributed by atoms with Crippen molar-refractivity contribution in [3.05, 3.63) is 70.4 Å². The fourth-order valence-electron chi connectivity index (χ4n) is 2.06. The predicted molar refractivity (Wildman–Crippen MR) is 90.0 cm³/mol. The number of nitrogens with zero attached hydrogens (tertiary/aromatic N) is 1. The third-order valence-corrected chi connectivity index (χ3v) is 3.92. The van der Waals surface area contributed by atoms with E-state index >= 15 is 0 Å². The van der Waals surface area contributed by atoms with Crippen LogP contribution in [0.25, 0.3) is 11.0 Å². The number of carbonyl (C=O) groups is 1. The SMILES string of the molecule is C/C(=N/NC(=O)c1ccccc1Br)c1cc2ccccc2o1. The molecule has 0 aliphatic carbocycles. The number of amides is 1. The normalized spacial score (nSPS) is 11.6. The van der Waals surface area contributed by atoms with E-state index in [4.69, 9.17) is 4.42 Å². The number of rotatable bonds is 3. The van der Waals surface area contributed by atoms with Gasteiger partial charge in [0, 0.05) is 9.86 Å². The van der Waals surface area contributed by atoms with E-state index in [0.717, 1.165) is 15.4 Å². The van der Waals surface area contributed by atoms with Gasteiger partial charge in [-0.3, -0.25) is 4.79 Å². The molecule has 1 amide bonds. The molecule has 1 N–H and O–H groups in total. The summed E-state index contributed by atoms with van der Waals surface area (Å²) in [6, 6.07) is 16.8. The smallest absolute Gasteiger partial charge is 0.272 e. The van der Waals surface area contributed by atoms with Crippen molar-refractivity contribution in [2.45, 2.75) is 6.92 Å². The maximum Gasteiger partial charge on any atom is 0.272 e. The van der Waals surface area contributed by atoms with Gasteiger partial charge in [-0.1, -0.05) is 30.3 Å². The number of hydrogen-bond acceptors (Lipinski definition) is 3. The molecule has 0 atom stereocenters. The second-order valence-corrected chi connectivity index (χ2v) is 5.62. The minimum absolute atomic E-state index is 0.275. The Morgan fingerprint density at radius 2 is 1.86 bits per heavy atom. The monoisotopic (exact) mass is 356 g/mol. The van der Waals surface area contributed by atoms with Crippen molar-refractivity contribution in [1.29, 1.82) is 0 Å². The fourth-order valence-corrected chi connectivity index (χ4v) is 2.52. The summed E-state index contributed by atoms with van der Waals surface area (Å²) >= 11 is 3.34. The highest BCUT2D eigenvalue weighted by molar-refractivity contribution is 9.10. The van der Waals surface area contributed by atoms with Crippen molar-refractivity contribution < 1.29 is 9.21 Å². The zero-order chi connectivity index (χ0) is 15.5. The summed E-state index contributed by atoms with van der Waals surface area (Å²) in [6.45, 7) is 1.79. The van der Waals surface area contributed by atoms with E-state index in [9.17, 15) is 4.79 Å². The van der Waals surface area contributed by atoms with Gasteiger partial charge in [0.05, 0.1) is 5.56 Å². The van der Waals surface area contributed by atoms with Crippen LogP contribution in [0.3, 0.4) is 0 Å². The number of benzene rings is 2. The van der Waals surface area contributed by atoms with Gasteiger partial charge in [-0.15, -0.1) is 0 Å². The van der Waals surface area contributed by atoms with Gasteiger partial charge in [0.1, 0.15) is 11.3 Å². The van der Waals surface area contributed by atoms with Crippen LogP contribution in [0.2, 0.25) is 0 Å². The number of hydrazone groups is 1. The van der Waals surface area contributed by atoms with E-state index in [2.05, 4.69) is 26.5 Å². The highest BCUT2D eigenvalue weighted by Gasteiger charge is 2.10. The first-order valence-electron chi connectivity index (χ1n) is 6.73. The number of nitrogens with one attached hydrogen (secondary N) is 1. The van der Waals surface area contributed by atoms with Crippen LogP contribution in [0.15, 0.2) is 68.6 Å². The summed E-state index contributed by atoms with van der Waals surface area (Å²) in [4.78, 5) is 12.1. The second kappa shape index (κ2) is 6.15. The lowest BCUT2D eigenvalue weighted by atomic mass is 10.2. The number of carbonyl (C=O) groups excluding carboxylic acids is 1. The molecule has 0 saturated heterocycles. The van der Waals surface area contributed by atoms with Crippen molar-refractivity contribution >= 4 is 38.5 Å². The Bertz CT molecular complexity index is 835. The number of para-hydroxylation sites is 1. The van der Waals surface area contributed by atoms with Gasteiger partial charge in [0.2, 0.25) is 0 Å². The third-order valence-electron chi connectivity index (χ3n) is 3.23. The summed E-state index contributed by atoms with van der Waals surface area (Å²) in [5, 5.41) is 5.11. The first kappa shape index (κ1) is 14.5. The van der Waals surface area contributed by atoms with Crippen LogP contribution in [0, 0.1) is 0 Å². The molecule has 3 aromatic rings. The van der Waals surface area contributed by atoms with E-state index in [1.165, 1.54) is 0 Å². The molecule has 0 saturated carbocycles. The van der Waals surface area contributed by atoms with Gasteiger partial charge >= 0.3 is 0 Å². The number of fused-ring (bicyclic) bond motifs is 1. The molecule has 3 rings (SSSR count). The zero-order valence-electron chi connectivity index (χ0n) is 11.8. The lowest BCUT2D eigenvalue weighted by Crippen LogP contribution is -2.19. The van der Waals surface area contributed by atoms with Gasteiger partial charge in [-0.2, -0.15) is 5.10 Å². The average Bonchev–Trinajstić information content (AvgIpc) is 2.97. The molecule has 0 aliphatic rings. The minimum Gasteiger partial charge on any atom is -0.455 e. The van der Waals surface area contributed by atoms with Crippen LogP contribution in [0.4, 0.5) is 0 Å². The number of furan rings is 1. The second-order valence-electron chi connectivity index (χ2n) is 4.77. The summed E-state index contributed by atoms with van der Waals surface area (Å²) in [5.74, 6) is 0.358. The molecule has 22 heavy (non-hydrogen) atoms. The maximum absolute atomic E-state index is 12.1. The summed E-state index contributed by atoms with van der Waals surface area (Å²) < 4.78 is 6.43. The Kier molecular flexibility index (Phi) is 4.06. The van der Waals surface area contributed by atoms with Gasteiger partial charge in [0.25, 0.3) is 5.91 Å². The molecule has 0 bridgehead atoms. The standard InChI is InChI=1S/C17H13BrN2O2/c1-11(16-10-12-6-2-5-9-15(12)22-16)19-20-17(21)13-7-3-4-8-14(13)18/h2-10H,1H3,(H,20,21)/b19-11-. The molecule has 5 heteroatoms. The lowest BCUT2D eigenvalue weighted by molar-refractivity contribution is 0.0954. The molecule has 4 nitrogen and oxygen atoms in total. The van der Waals surface area contributed by atoms with Crippen LogP contribution in [0.1, 0.15) is 23.0 Å². The van der Waals surface area contributed by atoms with Crippen LogP contribution in [0.5, 0.6) is 0 Å². The molecule has 1 heterocycles. The Hall–Kier alpha value is -2.40. The Morgan fingerprint density at radius 1 is 1.14 bits per heavy atom. The minimum atomic E-state index is -0.275. The maximum atomic E-state index is 12.1. The van der Waals surface area contributed by atoms with Gasteiger partial charge in [0.15, 0.2) is 5.76 Å². The summed E-state index contributed by atoms with van der Waals surface area (Å²) in [5.41, 5.74) is 4.48. The first-order valence-corrected chi connectivity index (χ1v) is 7.52. The topological polar surface area (TPSA) is 54.6 Å².